The molecule has 0 spiro atoms. The zero-order valence-electron chi connectivity index (χ0n) is 13.3. The molecule has 0 fully saturated rings. The Labute approximate surface area is 136 Å². The lowest BCUT2D eigenvalue weighted by molar-refractivity contribution is 0.201. The fourth-order valence-electron chi connectivity index (χ4n) is 2.81. The van der Waals surface area contributed by atoms with Crippen LogP contribution in [0.4, 0.5) is 5.69 Å². The van der Waals surface area contributed by atoms with Gasteiger partial charge in [-0.25, -0.2) is 0 Å². The van der Waals surface area contributed by atoms with Crippen LogP contribution >= 0.6 is 0 Å². The molecule has 4 nitrogen and oxygen atoms in total. The molecule has 0 aliphatic heterocycles. The lowest BCUT2D eigenvalue weighted by atomic mass is 9.90. The number of aliphatic hydroxyl groups excluding tert-OH is 1. The SMILES string of the molecule is COc1ccc(N=C2CCCc3ccc(OCCO)cc32)cc1. The van der Waals surface area contributed by atoms with Crippen molar-refractivity contribution in [3.63, 3.8) is 0 Å². The Hall–Kier alpha value is -2.33. The highest BCUT2D eigenvalue weighted by Gasteiger charge is 2.16. The van der Waals surface area contributed by atoms with Gasteiger partial charge in [0.2, 0.25) is 0 Å². The van der Waals surface area contributed by atoms with Crippen molar-refractivity contribution >= 4 is 11.4 Å². The van der Waals surface area contributed by atoms with Gasteiger partial charge in [-0.1, -0.05) is 6.07 Å². The van der Waals surface area contributed by atoms with Crippen LogP contribution in [-0.4, -0.2) is 31.1 Å². The Kier molecular flexibility index (Phi) is 4.93. The molecule has 4 heteroatoms. The minimum absolute atomic E-state index is 0.0177. The Morgan fingerprint density at radius 1 is 1.04 bits per heavy atom. The van der Waals surface area contributed by atoms with E-state index in [1.807, 2.05) is 36.4 Å². The first-order chi connectivity index (χ1) is 11.3. The number of hydrogen-bond donors (Lipinski definition) is 1. The van der Waals surface area contributed by atoms with Crippen LogP contribution < -0.4 is 9.47 Å². The molecule has 1 aliphatic carbocycles. The Balaban J connectivity index is 1.90. The summed E-state index contributed by atoms with van der Waals surface area (Å²) in [4.78, 5) is 4.81. The summed E-state index contributed by atoms with van der Waals surface area (Å²) < 4.78 is 10.7. The monoisotopic (exact) mass is 311 g/mol. The largest absolute Gasteiger partial charge is 0.497 e. The average molecular weight is 311 g/mol. The van der Waals surface area contributed by atoms with Crippen LogP contribution in [0.2, 0.25) is 0 Å². The molecular weight excluding hydrogens is 290 g/mol. The predicted octanol–water partition coefficient (Wildman–Crippen LogP) is 3.52. The third-order valence-electron chi connectivity index (χ3n) is 3.95. The summed E-state index contributed by atoms with van der Waals surface area (Å²) in [6, 6.07) is 13.9. The van der Waals surface area contributed by atoms with Crippen LogP contribution in [0.25, 0.3) is 0 Å². The van der Waals surface area contributed by atoms with Crippen LogP contribution in [0.1, 0.15) is 24.0 Å². The molecule has 0 atom stereocenters. The van der Waals surface area contributed by atoms with E-state index < -0.39 is 0 Å². The zero-order valence-corrected chi connectivity index (χ0v) is 13.3. The minimum atomic E-state index is 0.0177. The zero-order chi connectivity index (χ0) is 16.1. The Morgan fingerprint density at radius 3 is 2.57 bits per heavy atom. The smallest absolute Gasteiger partial charge is 0.120 e. The molecule has 0 bridgehead atoms. The van der Waals surface area contributed by atoms with E-state index >= 15 is 0 Å². The predicted molar refractivity (Wildman–Crippen MR) is 91.2 cm³/mol. The van der Waals surface area contributed by atoms with Gasteiger partial charge in [-0.05, 0) is 61.2 Å². The number of aliphatic hydroxyl groups is 1. The van der Waals surface area contributed by atoms with Gasteiger partial charge in [0.1, 0.15) is 18.1 Å². The topological polar surface area (TPSA) is 51.0 Å². The highest BCUT2D eigenvalue weighted by atomic mass is 16.5. The summed E-state index contributed by atoms with van der Waals surface area (Å²) in [6.07, 6.45) is 3.14. The number of methoxy groups -OCH3 is 1. The first-order valence-electron chi connectivity index (χ1n) is 7.89. The maximum Gasteiger partial charge on any atom is 0.120 e. The molecule has 0 heterocycles. The first-order valence-corrected chi connectivity index (χ1v) is 7.89. The molecule has 0 radical (unpaired) electrons. The van der Waals surface area contributed by atoms with Gasteiger partial charge in [0.05, 0.1) is 19.4 Å². The molecule has 0 aromatic heterocycles. The van der Waals surface area contributed by atoms with Crippen LogP contribution in [0.5, 0.6) is 11.5 Å². The van der Waals surface area contributed by atoms with E-state index in [-0.39, 0.29) is 6.61 Å². The van der Waals surface area contributed by atoms with E-state index in [0.717, 1.165) is 47.7 Å². The van der Waals surface area contributed by atoms with Gasteiger partial charge in [0.15, 0.2) is 0 Å². The van der Waals surface area contributed by atoms with Crippen molar-refractivity contribution in [1.82, 2.24) is 0 Å². The molecule has 0 saturated heterocycles. The molecule has 0 amide bonds. The molecule has 2 aromatic carbocycles. The second kappa shape index (κ2) is 7.29. The average Bonchev–Trinajstić information content (AvgIpc) is 2.61. The Morgan fingerprint density at radius 2 is 1.83 bits per heavy atom. The van der Waals surface area contributed by atoms with Crippen molar-refractivity contribution in [3.05, 3.63) is 53.6 Å². The molecule has 23 heavy (non-hydrogen) atoms. The molecule has 0 unspecified atom stereocenters. The van der Waals surface area contributed by atoms with Gasteiger partial charge in [-0.15, -0.1) is 0 Å². The van der Waals surface area contributed by atoms with Gasteiger partial charge < -0.3 is 14.6 Å². The lowest BCUT2D eigenvalue weighted by Gasteiger charge is -2.19. The lowest BCUT2D eigenvalue weighted by Crippen LogP contribution is -2.12. The Bertz CT molecular complexity index is 692. The van der Waals surface area contributed by atoms with Gasteiger partial charge in [-0.3, -0.25) is 4.99 Å². The number of ether oxygens (including phenoxy) is 2. The van der Waals surface area contributed by atoms with Gasteiger partial charge >= 0.3 is 0 Å². The second-order valence-electron chi connectivity index (χ2n) is 5.50. The summed E-state index contributed by atoms with van der Waals surface area (Å²) in [6.45, 7) is 0.327. The number of hydrogen-bond acceptors (Lipinski definition) is 4. The second-order valence-corrected chi connectivity index (χ2v) is 5.50. The number of nitrogens with zero attached hydrogens (tertiary/aromatic N) is 1. The van der Waals surface area contributed by atoms with Crippen LogP contribution in [0.3, 0.4) is 0 Å². The standard InChI is InChI=1S/C19H21NO3/c1-22-16-9-6-15(7-10-16)20-19-4-2-3-14-5-8-17(13-18(14)19)23-12-11-21/h5-10,13,21H,2-4,11-12H2,1H3. The van der Waals surface area contributed by atoms with Crippen molar-refractivity contribution in [1.29, 1.82) is 0 Å². The highest BCUT2D eigenvalue weighted by Crippen LogP contribution is 2.28. The minimum Gasteiger partial charge on any atom is -0.497 e. The number of benzene rings is 2. The van der Waals surface area contributed by atoms with Crippen molar-refractivity contribution in [2.24, 2.45) is 4.99 Å². The van der Waals surface area contributed by atoms with Gasteiger partial charge in [-0.2, -0.15) is 0 Å². The summed E-state index contributed by atoms with van der Waals surface area (Å²) in [5.41, 5.74) is 4.48. The van der Waals surface area contributed by atoms with Gasteiger partial charge in [0.25, 0.3) is 0 Å². The quantitative estimate of drug-likeness (QED) is 0.919. The third-order valence-corrected chi connectivity index (χ3v) is 3.95. The molecule has 120 valence electrons. The van der Waals surface area contributed by atoms with Crippen LogP contribution in [0.15, 0.2) is 47.5 Å². The van der Waals surface area contributed by atoms with E-state index in [4.69, 9.17) is 19.6 Å². The van der Waals surface area contributed by atoms with E-state index in [1.165, 1.54) is 5.56 Å². The molecule has 1 aliphatic rings. The van der Waals surface area contributed by atoms with Gasteiger partial charge in [0, 0.05) is 11.3 Å². The van der Waals surface area contributed by atoms with Crippen molar-refractivity contribution < 1.29 is 14.6 Å². The fraction of sp³-hybridized carbons (Fsp3) is 0.316. The van der Waals surface area contributed by atoms with Crippen molar-refractivity contribution in [2.75, 3.05) is 20.3 Å². The molecule has 3 rings (SSSR count). The number of fused-ring (bicyclic) bond motifs is 1. The van der Waals surface area contributed by atoms with Crippen LogP contribution in [-0.2, 0) is 6.42 Å². The van der Waals surface area contributed by atoms with E-state index in [0.29, 0.717) is 6.61 Å². The van der Waals surface area contributed by atoms with Crippen molar-refractivity contribution in [2.45, 2.75) is 19.3 Å². The maximum absolute atomic E-state index is 8.90. The summed E-state index contributed by atoms with van der Waals surface area (Å²) in [5.74, 6) is 1.61. The third kappa shape index (κ3) is 3.71. The fourth-order valence-corrected chi connectivity index (χ4v) is 2.81. The maximum atomic E-state index is 8.90. The number of aryl methyl sites for hydroxylation is 1. The summed E-state index contributed by atoms with van der Waals surface area (Å²) >= 11 is 0. The van der Waals surface area contributed by atoms with E-state index in [1.54, 1.807) is 7.11 Å². The normalized spacial score (nSPS) is 15.3. The highest BCUT2D eigenvalue weighted by molar-refractivity contribution is 6.04. The first kappa shape index (κ1) is 15.6. The summed E-state index contributed by atoms with van der Waals surface area (Å²) in [5, 5.41) is 8.90. The van der Waals surface area contributed by atoms with E-state index in [2.05, 4.69) is 6.07 Å². The van der Waals surface area contributed by atoms with Crippen molar-refractivity contribution in [3.8, 4) is 11.5 Å². The number of rotatable bonds is 5. The molecular formula is C19H21NO3. The molecule has 0 saturated carbocycles. The number of aliphatic imine (C=N–C) groups is 1. The van der Waals surface area contributed by atoms with Crippen LogP contribution in [0, 0.1) is 0 Å². The van der Waals surface area contributed by atoms with E-state index in [9.17, 15) is 0 Å². The molecule has 1 N–H and O–H groups in total. The summed E-state index contributed by atoms with van der Waals surface area (Å²) in [7, 11) is 1.66. The molecule has 2 aromatic rings.